The first kappa shape index (κ1) is 14.5. The smallest absolute Gasteiger partial charge is 0.0953 e. The zero-order chi connectivity index (χ0) is 14.1. The van der Waals surface area contributed by atoms with Crippen molar-refractivity contribution in [1.29, 1.82) is 0 Å². The Morgan fingerprint density at radius 2 is 2.00 bits per heavy atom. The van der Waals surface area contributed by atoms with Crippen LogP contribution in [0.1, 0.15) is 15.4 Å². The Balaban J connectivity index is 1.86. The van der Waals surface area contributed by atoms with Crippen LogP contribution >= 0.6 is 54.8 Å². The molecule has 3 rings (SSSR count). The van der Waals surface area contributed by atoms with Gasteiger partial charge in [-0.25, -0.2) is 4.98 Å². The van der Waals surface area contributed by atoms with Gasteiger partial charge in [-0.1, -0.05) is 61.7 Å². The molecule has 0 bridgehead atoms. The Kier molecular flexibility index (Phi) is 4.46. The van der Waals surface area contributed by atoms with Crippen LogP contribution in [-0.4, -0.2) is 4.98 Å². The molecule has 1 heterocycles. The fourth-order valence-corrected chi connectivity index (χ4v) is 4.90. The van der Waals surface area contributed by atoms with Crippen molar-refractivity contribution in [1.82, 2.24) is 4.98 Å². The van der Waals surface area contributed by atoms with E-state index in [-0.39, 0.29) is 4.83 Å². The molecule has 0 amide bonds. The number of alkyl halides is 1. The molecule has 102 valence electrons. The largest absolute Gasteiger partial charge is 0.241 e. The lowest BCUT2D eigenvalue weighted by Gasteiger charge is -2.10. The minimum atomic E-state index is 0.170. The monoisotopic (exact) mass is 429 g/mol. The predicted molar refractivity (Wildman–Crippen MR) is 94.1 cm³/mol. The third kappa shape index (κ3) is 3.08. The molecule has 0 aliphatic rings. The van der Waals surface area contributed by atoms with E-state index in [0.29, 0.717) is 0 Å². The lowest BCUT2D eigenvalue weighted by atomic mass is 10.1. The zero-order valence-corrected chi connectivity index (χ0v) is 15.1. The summed E-state index contributed by atoms with van der Waals surface area (Å²) in [5, 5.41) is 1.88. The van der Waals surface area contributed by atoms with E-state index >= 15 is 0 Å². The zero-order valence-electron chi connectivity index (χ0n) is 10.3. The fourth-order valence-electron chi connectivity index (χ4n) is 2.03. The Labute approximate surface area is 143 Å². The molecule has 0 saturated carbocycles. The molecule has 1 nitrogen and oxygen atoms in total. The molecule has 0 radical (unpaired) electrons. The van der Waals surface area contributed by atoms with Gasteiger partial charge in [0.05, 0.1) is 15.2 Å². The molecule has 0 aliphatic heterocycles. The summed E-state index contributed by atoms with van der Waals surface area (Å²) in [4.78, 5) is 4.83. The third-order valence-electron chi connectivity index (χ3n) is 2.99. The van der Waals surface area contributed by atoms with Gasteiger partial charge in [-0.15, -0.1) is 11.3 Å². The summed E-state index contributed by atoms with van der Waals surface area (Å²) in [5.41, 5.74) is 2.16. The lowest BCUT2D eigenvalue weighted by molar-refractivity contribution is 0.938. The van der Waals surface area contributed by atoms with Crippen LogP contribution in [-0.2, 0) is 6.42 Å². The summed E-state index contributed by atoms with van der Waals surface area (Å²) < 4.78 is 2.22. The van der Waals surface area contributed by atoms with Crippen LogP contribution in [0.5, 0.6) is 0 Å². The maximum absolute atomic E-state index is 6.29. The number of para-hydroxylation sites is 1. The van der Waals surface area contributed by atoms with Gasteiger partial charge >= 0.3 is 0 Å². The van der Waals surface area contributed by atoms with E-state index in [1.807, 2.05) is 36.4 Å². The molecular formula is C15H10Br2ClNS. The Hall–Kier alpha value is -0.420. The summed E-state index contributed by atoms with van der Waals surface area (Å²) >= 11 is 15.2. The van der Waals surface area contributed by atoms with Crippen LogP contribution in [0.4, 0.5) is 0 Å². The van der Waals surface area contributed by atoms with Crippen molar-refractivity contribution in [3.63, 3.8) is 0 Å². The van der Waals surface area contributed by atoms with E-state index in [9.17, 15) is 0 Å². The van der Waals surface area contributed by atoms with Gasteiger partial charge in [0.15, 0.2) is 0 Å². The number of rotatable bonds is 3. The second kappa shape index (κ2) is 6.14. The number of hydrogen-bond donors (Lipinski definition) is 0. The van der Waals surface area contributed by atoms with Crippen molar-refractivity contribution < 1.29 is 0 Å². The van der Waals surface area contributed by atoms with Gasteiger partial charge in [0.2, 0.25) is 0 Å². The second-order valence-electron chi connectivity index (χ2n) is 4.41. The average Bonchev–Trinajstić information content (AvgIpc) is 2.80. The highest BCUT2D eigenvalue weighted by molar-refractivity contribution is 9.10. The standard InChI is InChI=1S/C15H10Br2ClNS/c16-9-5-6-10(12(18)7-9)11(17)8-15-19-13-3-1-2-4-14(13)20-15/h1-7,11H,8H2. The lowest BCUT2D eigenvalue weighted by Crippen LogP contribution is -1.96. The van der Waals surface area contributed by atoms with Gasteiger partial charge in [0, 0.05) is 20.7 Å². The number of aromatic nitrogens is 1. The van der Waals surface area contributed by atoms with Crippen molar-refractivity contribution in [3.05, 3.63) is 62.5 Å². The number of nitrogens with zero attached hydrogens (tertiary/aromatic N) is 1. The molecule has 1 aromatic heterocycles. The van der Waals surface area contributed by atoms with Gasteiger partial charge in [-0.05, 0) is 29.8 Å². The SMILES string of the molecule is Clc1cc(Br)ccc1C(Br)Cc1nc2ccccc2s1. The van der Waals surface area contributed by atoms with Crippen molar-refractivity contribution in [2.24, 2.45) is 0 Å². The van der Waals surface area contributed by atoms with Crippen molar-refractivity contribution in [2.75, 3.05) is 0 Å². The molecule has 1 atom stereocenters. The molecule has 0 spiro atoms. The maximum Gasteiger partial charge on any atom is 0.0953 e. The Morgan fingerprint density at radius 3 is 2.75 bits per heavy atom. The number of fused-ring (bicyclic) bond motifs is 1. The molecule has 1 unspecified atom stereocenters. The van der Waals surface area contributed by atoms with E-state index in [4.69, 9.17) is 11.6 Å². The van der Waals surface area contributed by atoms with Gasteiger partial charge in [-0.2, -0.15) is 0 Å². The third-order valence-corrected chi connectivity index (χ3v) is 5.69. The number of halogens is 3. The number of benzene rings is 2. The van der Waals surface area contributed by atoms with Crippen LogP contribution < -0.4 is 0 Å². The fraction of sp³-hybridized carbons (Fsp3) is 0.133. The first-order valence-corrected chi connectivity index (χ1v) is 8.97. The van der Waals surface area contributed by atoms with E-state index in [0.717, 1.165) is 32.0 Å². The summed E-state index contributed by atoms with van der Waals surface area (Å²) in [5.74, 6) is 0. The molecule has 2 aromatic carbocycles. The highest BCUT2D eigenvalue weighted by atomic mass is 79.9. The first-order chi connectivity index (χ1) is 9.63. The van der Waals surface area contributed by atoms with E-state index in [2.05, 4.69) is 42.9 Å². The quantitative estimate of drug-likeness (QED) is 0.438. The molecule has 20 heavy (non-hydrogen) atoms. The number of thiazole rings is 1. The van der Waals surface area contributed by atoms with E-state index in [1.165, 1.54) is 4.70 Å². The average molecular weight is 432 g/mol. The minimum absolute atomic E-state index is 0.170. The van der Waals surface area contributed by atoms with Crippen LogP contribution in [0.25, 0.3) is 10.2 Å². The normalized spacial score (nSPS) is 12.8. The van der Waals surface area contributed by atoms with Crippen LogP contribution in [0.2, 0.25) is 5.02 Å². The molecule has 0 fully saturated rings. The van der Waals surface area contributed by atoms with Crippen molar-refractivity contribution >= 4 is 65.0 Å². The maximum atomic E-state index is 6.29. The minimum Gasteiger partial charge on any atom is -0.241 e. The molecule has 0 saturated heterocycles. The van der Waals surface area contributed by atoms with Crippen molar-refractivity contribution in [2.45, 2.75) is 11.2 Å². The first-order valence-electron chi connectivity index (χ1n) is 6.07. The summed E-state index contributed by atoms with van der Waals surface area (Å²) in [6.45, 7) is 0. The Morgan fingerprint density at radius 1 is 1.20 bits per heavy atom. The van der Waals surface area contributed by atoms with E-state index < -0.39 is 0 Å². The molecular weight excluding hydrogens is 422 g/mol. The number of hydrogen-bond acceptors (Lipinski definition) is 2. The Bertz CT molecular complexity index is 723. The molecule has 3 aromatic rings. The predicted octanol–water partition coefficient (Wildman–Crippen LogP) is 6.39. The van der Waals surface area contributed by atoms with E-state index in [1.54, 1.807) is 11.3 Å². The molecule has 0 N–H and O–H groups in total. The summed E-state index contributed by atoms with van der Waals surface area (Å²) in [6.07, 6.45) is 0.834. The van der Waals surface area contributed by atoms with Gasteiger partial charge < -0.3 is 0 Å². The van der Waals surface area contributed by atoms with Crippen LogP contribution in [0, 0.1) is 0 Å². The van der Waals surface area contributed by atoms with Gasteiger partial charge in [0.1, 0.15) is 0 Å². The highest BCUT2D eigenvalue weighted by Crippen LogP contribution is 2.35. The molecule has 0 aliphatic carbocycles. The summed E-state index contributed by atoms with van der Waals surface area (Å²) in [6, 6.07) is 14.2. The topological polar surface area (TPSA) is 12.9 Å². The van der Waals surface area contributed by atoms with Crippen molar-refractivity contribution in [3.8, 4) is 0 Å². The van der Waals surface area contributed by atoms with Crippen LogP contribution in [0.3, 0.4) is 0 Å². The van der Waals surface area contributed by atoms with Gasteiger partial charge in [-0.3, -0.25) is 0 Å². The molecule has 5 heteroatoms. The highest BCUT2D eigenvalue weighted by Gasteiger charge is 2.15. The second-order valence-corrected chi connectivity index (χ2v) is 7.96. The van der Waals surface area contributed by atoms with Crippen LogP contribution in [0.15, 0.2) is 46.9 Å². The van der Waals surface area contributed by atoms with Gasteiger partial charge in [0.25, 0.3) is 0 Å². The summed E-state index contributed by atoms with van der Waals surface area (Å²) in [7, 11) is 0.